The van der Waals surface area contributed by atoms with E-state index in [-0.39, 0.29) is 30.8 Å². The van der Waals surface area contributed by atoms with Gasteiger partial charge in [0.25, 0.3) is 11.8 Å². The number of piperidine rings is 1. The first-order valence-corrected chi connectivity index (χ1v) is 10.2. The van der Waals surface area contributed by atoms with E-state index < -0.39 is 96.5 Å². The molecule has 9 heteroatoms. The van der Waals surface area contributed by atoms with Crippen LogP contribution in [-0.4, -0.2) is 47.6 Å². The number of aromatic nitrogens is 2. The van der Waals surface area contributed by atoms with Gasteiger partial charge in [-0.1, -0.05) is 0 Å². The zero-order valence-corrected chi connectivity index (χ0v) is 17.6. The molecule has 0 bridgehead atoms. The van der Waals surface area contributed by atoms with Gasteiger partial charge in [-0.15, -0.1) is 0 Å². The van der Waals surface area contributed by atoms with Gasteiger partial charge in [-0.05, 0) is 67.6 Å². The van der Waals surface area contributed by atoms with Crippen LogP contribution in [0.4, 0.5) is 11.4 Å². The Balaban J connectivity index is 1.66. The quantitative estimate of drug-likeness (QED) is 0.616. The molecule has 0 unspecified atom stereocenters. The van der Waals surface area contributed by atoms with Crippen molar-refractivity contribution >= 4 is 29.1 Å². The number of primary amides is 1. The summed E-state index contributed by atoms with van der Waals surface area (Å²) in [6, 6.07) is 2.00. The van der Waals surface area contributed by atoms with Crippen LogP contribution >= 0.6 is 0 Å². The molecule has 0 spiro atoms. The number of ether oxygens (including phenoxy) is 1. The second kappa shape index (κ2) is 8.66. The van der Waals surface area contributed by atoms with Crippen molar-refractivity contribution in [1.82, 2.24) is 9.78 Å². The molecule has 9 nitrogen and oxygen atoms in total. The van der Waals surface area contributed by atoms with E-state index in [1.807, 2.05) is 0 Å². The largest absolute Gasteiger partial charge is 0.497 e. The van der Waals surface area contributed by atoms with Gasteiger partial charge < -0.3 is 20.3 Å². The minimum absolute atomic E-state index is 0.0614. The van der Waals surface area contributed by atoms with E-state index >= 15 is 0 Å². The Morgan fingerprint density at radius 2 is 1.74 bits per heavy atom. The molecule has 0 saturated carbocycles. The molecule has 0 radical (unpaired) electrons. The maximum absolute atomic E-state index is 14.1. The van der Waals surface area contributed by atoms with Gasteiger partial charge in [-0.3, -0.25) is 14.4 Å². The summed E-state index contributed by atoms with van der Waals surface area (Å²) in [5.41, 5.74) is 2.91. The number of methoxy groups -OCH3 is 1. The molecule has 1 fully saturated rings. The zero-order valence-electron chi connectivity index (χ0n) is 28.6. The smallest absolute Gasteiger partial charge is 0.277 e. The van der Waals surface area contributed by atoms with Gasteiger partial charge in [0.2, 0.25) is 5.91 Å². The summed E-state index contributed by atoms with van der Waals surface area (Å²) in [6.07, 6.45) is -4.73. The molecule has 1 aromatic heterocycles. The first-order chi connectivity index (χ1) is 20.8. The maximum atomic E-state index is 14.1. The van der Waals surface area contributed by atoms with Crippen molar-refractivity contribution < 1.29 is 34.2 Å². The average Bonchev–Trinajstić information content (AvgIpc) is 3.35. The van der Waals surface area contributed by atoms with E-state index in [4.69, 9.17) is 25.5 Å². The third-order valence-electron chi connectivity index (χ3n) is 5.40. The van der Waals surface area contributed by atoms with Crippen LogP contribution in [0.3, 0.4) is 0 Å². The van der Waals surface area contributed by atoms with Gasteiger partial charge in [0.05, 0.1) is 22.3 Å². The minimum atomic E-state index is -2.75. The number of hydrogen-bond donors (Lipinski definition) is 1. The highest BCUT2D eigenvalue weighted by atomic mass is 16.5. The lowest BCUT2D eigenvalue weighted by Gasteiger charge is -2.29. The molecule has 3 amide bonds. The van der Waals surface area contributed by atoms with Gasteiger partial charge >= 0.3 is 0 Å². The number of nitrogens with zero attached hydrogens (tertiary/aromatic N) is 4. The van der Waals surface area contributed by atoms with E-state index in [0.717, 1.165) is 9.58 Å². The number of carbonyl (C=O) groups is 3. The average molecular weight is 471 g/mol. The standard InChI is InChI=1S/C25H25N5O4/c1-34-19-11-9-18(10-12-19)30-23-20(22(27-30)24(26)32)13-15-29(25(23)33)17-7-5-16(6-8-17)28-14-3-2-4-21(28)31/h5-12H,2-4,13-15H2,1H3,(H2,26,32)/i1D3,4D2,5D,6D,7D,8D,13D2. The SMILES string of the molecule is [2H]c1c([2H])c(N2CCCC([2H])([2H])C2=O)c([2H])c([2H])c1N1CC([2H])([2H])c2c(C(N)=O)nn(-c3ccc(OC([2H])([2H])[2H])cc3)c2C1=O. The normalized spacial score (nSPS) is 23.9. The molecular formula is C25H25N5O4. The number of nitrogens with two attached hydrogens (primary N) is 1. The number of rotatable bonds is 5. The molecule has 174 valence electrons. The molecule has 2 aliphatic rings. The third kappa shape index (κ3) is 3.68. The number of hydrogen-bond acceptors (Lipinski definition) is 5. The van der Waals surface area contributed by atoms with Crippen LogP contribution < -0.4 is 20.3 Å². The fourth-order valence-electron chi connectivity index (χ4n) is 3.75. The molecule has 0 atom stereocenters. The number of carbonyl (C=O) groups excluding carboxylic acids is 3. The summed E-state index contributed by atoms with van der Waals surface area (Å²) in [5, 5.41) is 4.07. The van der Waals surface area contributed by atoms with Crippen molar-refractivity contribution in [3.8, 4) is 11.4 Å². The lowest BCUT2D eigenvalue weighted by Crippen LogP contribution is -2.39. The summed E-state index contributed by atoms with van der Waals surface area (Å²) in [7, 11) is -2.75. The highest BCUT2D eigenvalue weighted by molar-refractivity contribution is 6.09. The number of fused-ring (bicyclic) bond motifs is 1. The van der Waals surface area contributed by atoms with Crippen molar-refractivity contribution in [2.24, 2.45) is 5.73 Å². The third-order valence-corrected chi connectivity index (χ3v) is 5.40. The predicted octanol–water partition coefficient (Wildman–Crippen LogP) is 2.70. The maximum Gasteiger partial charge on any atom is 0.277 e. The number of anilines is 2. The molecule has 0 aliphatic carbocycles. The van der Waals surface area contributed by atoms with Crippen LogP contribution in [0.2, 0.25) is 0 Å². The summed E-state index contributed by atoms with van der Waals surface area (Å²) in [6.45, 7) is -0.925. The van der Waals surface area contributed by atoms with Gasteiger partial charge in [-0.2, -0.15) is 5.10 Å². The van der Waals surface area contributed by atoms with Crippen molar-refractivity contribution in [2.45, 2.75) is 25.6 Å². The molecule has 2 N–H and O–H groups in total. The van der Waals surface area contributed by atoms with Crippen LogP contribution in [0.15, 0.2) is 48.4 Å². The Morgan fingerprint density at radius 1 is 1.03 bits per heavy atom. The highest BCUT2D eigenvalue weighted by Gasteiger charge is 2.34. The van der Waals surface area contributed by atoms with Crippen LogP contribution in [-0.2, 0) is 11.2 Å². The number of amides is 3. The first-order valence-electron chi connectivity index (χ1n) is 15.7. The second-order valence-electron chi connectivity index (χ2n) is 7.45. The Morgan fingerprint density at radius 3 is 2.41 bits per heavy atom. The lowest BCUT2D eigenvalue weighted by molar-refractivity contribution is -0.119. The summed E-state index contributed by atoms with van der Waals surface area (Å²) in [5.74, 6) is -3.31. The Kier molecular flexibility index (Phi) is 3.15. The minimum Gasteiger partial charge on any atom is -0.497 e. The van der Waals surface area contributed by atoms with Gasteiger partial charge in [0.1, 0.15) is 11.4 Å². The molecular weight excluding hydrogens is 434 g/mol. The van der Waals surface area contributed by atoms with Crippen LogP contribution in [0.25, 0.3) is 5.69 Å². The molecule has 5 rings (SSSR count). The van der Waals surface area contributed by atoms with Crippen molar-refractivity contribution in [1.29, 1.82) is 0 Å². The monoisotopic (exact) mass is 470 g/mol. The van der Waals surface area contributed by atoms with E-state index in [2.05, 4.69) is 5.10 Å². The molecule has 3 heterocycles. The second-order valence-corrected chi connectivity index (χ2v) is 7.45. The Bertz CT molecular complexity index is 1730. The highest BCUT2D eigenvalue weighted by Crippen LogP contribution is 2.31. The molecule has 34 heavy (non-hydrogen) atoms. The zero-order chi connectivity index (χ0) is 33.4. The Labute approximate surface area is 212 Å². The summed E-state index contributed by atoms with van der Waals surface area (Å²) in [4.78, 5) is 40.8. The lowest BCUT2D eigenvalue weighted by atomic mass is 10.0. The van der Waals surface area contributed by atoms with Crippen molar-refractivity contribution in [3.63, 3.8) is 0 Å². The fraction of sp³-hybridized carbons (Fsp3) is 0.280. The van der Waals surface area contributed by atoms with E-state index in [1.54, 1.807) is 0 Å². The summed E-state index contributed by atoms with van der Waals surface area (Å²) >= 11 is 0. The van der Waals surface area contributed by atoms with E-state index in [9.17, 15) is 14.4 Å². The van der Waals surface area contributed by atoms with Gasteiger partial charge in [-0.25, -0.2) is 4.68 Å². The van der Waals surface area contributed by atoms with Crippen LogP contribution in [0.1, 0.15) is 60.8 Å². The van der Waals surface area contributed by atoms with E-state index in [1.165, 1.54) is 24.3 Å². The Hall–Kier alpha value is -4.14. The van der Waals surface area contributed by atoms with Gasteiger partial charge in [0.15, 0.2) is 5.69 Å². The molecule has 2 aliphatic heterocycles. The predicted molar refractivity (Wildman–Crippen MR) is 127 cm³/mol. The molecule has 2 aromatic carbocycles. The molecule has 3 aromatic rings. The van der Waals surface area contributed by atoms with Gasteiger partial charge in [0, 0.05) is 41.9 Å². The van der Waals surface area contributed by atoms with Crippen molar-refractivity contribution in [3.05, 3.63) is 65.4 Å². The summed E-state index contributed by atoms with van der Waals surface area (Å²) < 4.78 is 95.6. The first kappa shape index (κ1) is 12.4. The molecule has 1 saturated heterocycles. The van der Waals surface area contributed by atoms with Crippen molar-refractivity contribution in [2.75, 3.05) is 29.9 Å². The number of benzene rings is 2. The van der Waals surface area contributed by atoms with E-state index in [0.29, 0.717) is 4.90 Å². The topological polar surface area (TPSA) is 111 Å². The fourth-order valence-corrected chi connectivity index (χ4v) is 3.75. The van der Waals surface area contributed by atoms with Crippen LogP contribution in [0.5, 0.6) is 5.75 Å². The van der Waals surface area contributed by atoms with Crippen LogP contribution in [0, 0.1) is 0 Å².